The van der Waals surface area contributed by atoms with E-state index >= 15 is 0 Å². The van der Waals surface area contributed by atoms with Crippen LogP contribution in [0.5, 0.6) is 0 Å². The van der Waals surface area contributed by atoms with Gasteiger partial charge in [0.2, 0.25) is 0 Å². The van der Waals surface area contributed by atoms with Gasteiger partial charge in [0.1, 0.15) is 5.60 Å². The molecule has 166 valence electrons. The van der Waals surface area contributed by atoms with E-state index in [1.807, 2.05) is 37.5 Å². The molecule has 0 saturated carbocycles. The molecule has 0 aliphatic carbocycles. The Morgan fingerprint density at radius 3 is 2.31 bits per heavy atom. The van der Waals surface area contributed by atoms with Gasteiger partial charge < -0.3 is 9.67 Å². The van der Waals surface area contributed by atoms with Crippen molar-refractivity contribution in [1.82, 2.24) is 14.1 Å². The molecule has 1 N–H and O–H groups in total. The van der Waals surface area contributed by atoms with Crippen LogP contribution in [0.1, 0.15) is 30.8 Å². The number of hydrogen-bond acceptors (Lipinski definition) is 3. The molecule has 0 spiro atoms. The lowest BCUT2D eigenvalue weighted by Crippen LogP contribution is -2.15. The predicted octanol–water partition coefficient (Wildman–Crippen LogP) is 5.13. The molecule has 2 heterocycles. The van der Waals surface area contributed by atoms with Crippen LogP contribution in [-0.2, 0) is 23.4 Å². The summed E-state index contributed by atoms with van der Waals surface area (Å²) in [5.41, 5.74) is 5.88. The lowest BCUT2D eigenvalue weighted by molar-refractivity contribution is 0.0743. The van der Waals surface area contributed by atoms with Crippen molar-refractivity contribution >= 4 is 10.8 Å². The molecule has 0 bridgehead atoms. The van der Waals surface area contributed by atoms with Crippen molar-refractivity contribution in [3.8, 4) is 28.3 Å². The van der Waals surface area contributed by atoms with Gasteiger partial charge in [0, 0.05) is 40.9 Å². The van der Waals surface area contributed by atoms with Crippen molar-refractivity contribution in [3.63, 3.8) is 0 Å². The number of aromatic nitrogens is 3. The second-order valence-corrected chi connectivity index (χ2v) is 10.2. The molecule has 1 unspecified atom stereocenters. The van der Waals surface area contributed by atoms with E-state index in [-0.39, 0.29) is 0 Å². The predicted molar refractivity (Wildman–Crippen MR) is 130 cm³/mol. The minimum absolute atomic E-state index is 0.618. The summed E-state index contributed by atoms with van der Waals surface area (Å²) in [6.45, 7) is 7.64. The van der Waals surface area contributed by atoms with Gasteiger partial charge in [-0.05, 0) is 80.8 Å². The molecule has 0 aliphatic heterocycles. The smallest absolute Gasteiger partial charge is 0.161 e. The van der Waals surface area contributed by atoms with E-state index in [9.17, 15) is 9.32 Å². The maximum Gasteiger partial charge on any atom is 0.161 e. The van der Waals surface area contributed by atoms with Crippen LogP contribution in [0.15, 0.2) is 65.7 Å². The van der Waals surface area contributed by atoms with Crippen LogP contribution in [0.25, 0.3) is 28.3 Å². The third-order valence-corrected chi connectivity index (χ3v) is 6.81. The molecule has 6 heteroatoms. The Hall–Kier alpha value is -2.96. The Kier molecular flexibility index (Phi) is 5.69. The van der Waals surface area contributed by atoms with Crippen molar-refractivity contribution in [2.75, 3.05) is 6.26 Å². The summed E-state index contributed by atoms with van der Waals surface area (Å²) < 4.78 is 16.1. The summed E-state index contributed by atoms with van der Waals surface area (Å²) in [7, 11) is 1.00. The van der Waals surface area contributed by atoms with Crippen LogP contribution in [-0.4, -0.2) is 29.7 Å². The molecule has 0 amide bonds. The van der Waals surface area contributed by atoms with Gasteiger partial charge in [-0.2, -0.15) is 0 Å². The van der Waals surface area contributed by atoms with Gasteiger partial charge in [0.15, 0.2) is 5.82 Å². The van der Waals surface area contributed by atoms with Gasteiger partial charge in [0.25, 0.3) is 0 Å². The van der Waals surface area contributed by atoms with Crippen LogP contribution in [0.3, 0.4) is 0 Å². The molecule has 2 aromatic carbocycles. The fraction of sp³-hybridized carbons (Fsp3) is 0.269. The standard InChI is InChI=1S/C26H29N3O2S/c1-17-14-20(19-8-7-9-21(15-19)32(6)31)11-13-22(17)29-16-24(26(3,4)30)27-25(29)23-12-10-18(2)28(23)5/h7-16,30H,1-6H3. The largest absolute Gasteiger partial charge is 0.384 e. The average molecular weight is 448 g/mol. The maximum atomic E-state index is 11.9. The first-order chi connectivity index (χ1) is 15.1. The average Bonchev–Trinajstić information content (AvgIpc) is 3.32. The van der Waals surface area contributed by atoms with E-state index in [4.69, 9.17) is 4.98 Å². The van der Waals surface area contributed by atoms with Crippen molar-refractivity contribution in [2.45, 2.75) is 38.2 Å². The number of aryl methyl sites for hydroxylation is 2. The van der Waals surface area contributed by atoms with Gasteiger partial charge in [-0.25, -0.2) is 4.98 Å². The number of nitrogens with zero attached hydrogens (tertiary/aromatic N) is 3. The lowest BCUT2D eigenvalue weighted by Gasteiger charge is -2.14. The maximum absolute atomic E-state index is 11.9. The first-order valence-corrected chi connectivity index (χ1v) is 12.1. The first-order valence-electron chi connectivity index (χ1n) is 10.6. The minimum Gasteiger partial charge on any atom is -0.384 e. The number of hydrogen-bond donors (Lipinski definition) is 1. The molecular formula is C26H29N3O2S. The van der Waals surface area contributed by atoms with E-state index in [0.29, 0.717) is 5.69 Å². The number of benzene rings is 2. The molecule has 4 rings (SSSR count). The Bertz CT molecular complexity index is 1330. The highest BCUT2D eigenvalue weighted by molar-refractivity contribution is 7.84. The SMILES string of the molecule is Cc1cc(-c2cccc(S(C)=O)c2)ccc1-n1cc(C(C)(C)O)nc1-c1ccc(C)n1C. The van der Waals surface area contributed by atoms with E-state index in [0.717, 1.165) is 44.5 Å². The van der Waals surface area contributed by atoms with Crippen LogP contribution in [0, 0.1) is 13.8 Å². The molecule has 1 atom stereocenters. The Morgan fingerprint density at radius 2 is 1.72 bits per heavy atom. The molecule has 0 radical (unpaired) electrons. The summed E-state index contributed by atoms with van der Waals surface area (Å²) in [6.07, 6.45) is 3.61. The topological polar surface area (TPSA) is 60.1 Å². The van der Waals surface area contributed by atoms with Crippen LogP contribution in [0.4, 0.5) is 0 Å². The molecule has 4 aromatic rings. The molecular weight excluding hydrogens is 418 g/mol. The summed E-state index contributed by atoms with van der Waals surface area (Å²) in [4.78, 5) is 5.63. The van der Waals surface area contributed by atoms with Crippen molar-refractivity contribution in [3.05, 3.63) is 77.7 Å². The lowest BCUT2D eigenvalue weighted by atomic mass is 10.0. The van der Waals surface area contributed by atoms with Gasteiger partial charge in [-0.15, -0.1) is 0 Å². The number of imidazole rings is 1. The van der Waals surface area contributed by atoms with Crippen molar-refractivity contribution < 1.29 is 9.32 Å². The van der Waals surface area contributed by atoms with E-state index in [1.54, 1.807) is 20.1 Å². The molecule has 0 aliphatic rings. The Labute approximate surface area is 191 Å². The van der Waals surface area contributed by atoms with Gasteiger partial charge in [-0.3, -0.25) is 8.78 Å². The zero-order chi connectivity index (χ0) is 23.2. The fourth-order valence-electron chi connectivity index (χ4n) is 3.84. The third-order valence-electron chi connectivity index (χ3n) is 5.89. The van der Waals surface area contributed by atoms with Crippen LogP contribution < -0.4 is 0 Å². The highest BCUT2D eigenvalue weighted by atomic mass is 32.2. The zero-order valence-electron chi connectivity index (χ0n) is 19.4. The fourth-order valence-corrected chi connectivity index (χ4v) is 4.40. The molecule has 32 heavy (non-hydrogen) atoms. The summed E-state index contributed by atoms with van der Waals surface area (Å²) in [6, 6.07) is 18.3. The zero-order valence-corrected chi connectivity index (χ0v) is 20.2. The highest BCUT2D eigenvalue weighted by Crippen LogP contribution is 2.32. The molecule has 0 saturated heterocycles. The van der Waals surface area contributed by atoms with E-state index in [2.05, 4.69) is 53.3 Å². The number of rotatable bonds is 5. The molecule has 2 aromatic heterocycles. The van der Waals surface area contributed by atoms with E-state index in [1.165, 1.54) is 0 Å². The van der Waals surface area contributed by atoms with Crippen molar-refractivity contribution in [2.24, 2.45) is 7.05 Å². The first kappa shape index (κ1) is 22.2. The molecule has 0 fully saturated rings. The van der Waals surface area contributed by atoms with Crippen LogP contribution in [0.2, 0.25) is 0 Å². The second kappa shape index (κ2) is 8.19. The minimum atomic E-state index is -1.05. The quantitative estimate of drug-likeness (QED) is 0.462. The van der Waals surface area contributed by atoms with Crippen LogP contribution >= 0.6 is 0 Å². The molecule has 5 nitrogen and oxygen atoms in total. The Balaban J connectivity index is 1.85. The number of aliphatic hydroxyl groups is 1. The van der Waals surface area contributed by atoms with Gasteiger partial charge in [0.05, 0.1) is 17.1 Å². The third kappa shape index (κ3) is 4.08. The monoisotopic (exact) mass is 447 g/mol. The normalized spacial score (nSPS) is 12.8. The summed E-state index contributed by atoms with van der Waals surface area (Å²) >= 11 is 0. The van der Waals surface area contributed by atoms with Crippen molar-refractivity contribution in [1.29, 1.82) is 0 Å². The summed E-state index contributed by atoms with van der Waals surface area (Å²) in [5, 5.41) is 10.6. The Morgan fingerprint density at radius 1 is 1.00 bits per heavy atom. The highest BCUT2D eigenvalue weighted by Gasteiger charge is 2.24. The summed E-state index contributed by atoms with van der Waals surface area (Å²) in [5.74, 6) is 0.789. The van der Waals surface area contributed by atoms with Gasteiger partial charge in [-0.1, -0.05) is 18.2 Å². The van der Waals surface area contributed by atoms with E-state index < -0.39 is 16.4 Å². The van der Waals surface area contributed by atoms with Gasteiger partial charge >= 0.3 is 0 Å². The second-order valence-electron chi connectivity index (χ2n) is 8.78.